The number of H-pyrrole nitrogens is 1. The Kier molecular flexibility index (Phi) is 3.99. The summed E-state index contributed by atoms with van der Waals surface area (Å²) in [6, 6.07) is 4.93. The van der Waals surface area contributed by atoms with E-state index in [0.717, 1.165) is 42.0 Å². The fourth-order valence-electron chi connectivity index (χ4n) is 4.46. The molecule has 1 saturated heterocycles. The van der Waals surface area contributed by atoms with Crippen molar-refractivity contribution >= 4 is 32.9 Å². The van der Waals surface area contributed by atoms with Gasteiger partial charge in [0.25, 0.3) is 5.56 Å². The number of hydrogen-bond acceptors (Lipinski definition) is 4. The van der Waals surface area contributed by atoms with Gasteiger partial charge < -0.3 is 9.88 Å². The quantitative estimate of drug-likeness (QED) is 0.743. The van der Waals surface area contributed by atoms with Crippen LogP contribution in [0.5, 0.6) is 0 Å². The van der Waals surface area contributed by atoms with Gasteiger partial charge in [0.2, 0.25) is 0 Å². The number of rotatable bonds is 3. The Bertz CT molecular complexity index is 957. The van der Waals surface area contributed by atoms with Crippen LogP contribution in [0.4, 0.5) is 0 Å². The normalized spacial score (nSPS) is 23.2. The summed E-state index contributed by atoms with van der Waals surface area (Å²) in [4.78, 5) is 26.0. The van der Waals surface area contributed by atoms with Crippen molar-refractivity contribution in [1.82, 2.24) is 9.97 Å². The highest BCUT2D eigenvalue weighted by molar-refractivity contribution is 7.18. The van der Waals surface area contributed by atoms with Crippen LogP contribution in [0.15, 0.2) is 22.3 Å². The molecule has 1 unspecified atom stereocenters. The number of thiophene rings is 2. The lowest BCUT2D eigenvalue weighted by Crippen LogP contribution is -3.09. The molecule has 1 fully saturated rings. The van der Waals surface area contributed by atoms with Gasteiger partial charge in [-0.25, -0.2) is 4.98 Å². The van der Waals surface area contributed by atoms with E-state index in [9.17, 15) is 4.79 Å². The molecule has 4 heterocycles. The average molecular weight is 373 g/mol. The summed E-state index contributed by atoms with van der Waals surface area (Å²) in [6.45, 7) is 1.97. The standard InChI is InChI=1S/C19H21N3OS2/c23-18-17-12-5-1-2-7-14(12)25-19(17)21-16(20-18)11-22-9-3-6-13(22)15-8-4-10-24-15/h4,8,10,13H,1-3,5-7,9,11H2,(H,20,21,23)/p+1/t13-/m1/s1. The van der Waals surface area contributed by atoms with E-state index in [2.05, 4.69) is 22.5 Å². The number of nitrogens with zero attached hydrogens (tertiary/aromatic N) is 1. The lowest BCUT2D eigenvalue weighted by Gasteiger charge is -2.19. The fraction of sp³-hybridized carbons (Fsp3) is 0.474. The Morgan fingerprint density at radius 2 is 2.20 bits per heavy atom. The summed E-state index contributed by atoms with van der Waals surface area (Å²) in [5.41, 5.74) is 1.35. The molecule has 6 heteroatoms. The first kappa shape index (κ1) is 15.7. The molecule has 0 radical (unpaired) electrons. The van der Waals surface area contributed by atoms with Crippen molar-refractivity contribution in [3.8, 4) is 0 Å². The van der Waals surface area contributed by atoms with Crippen molar-refractivity contribution < 1.29 is 4.90 Å². The van der Waals surface area contributed by atoms with Gasteiger partial charge in [-0.15, -0.1) is 22.7 Å². The van der Waals surface area contributed by atoms with Gasteiger partial charge in [-0.05, 0) is 42.7 Å². The molecule has 0 spiro atoms. The van der Waals surface area contributed by atoms with Gasteiger partial charge in [-0.2, -0.15) is 0 Å². The lowest BCUT2D eigenvalue weighted by molar-refractivity contribution is -0.932. The Labute approximate surface area is 154 Å². The monoisotopic (exact) mass is 372 g/mol. The minimum atomic E-state index is 0.0747. The third-order valence-corrected chi connectivity index (χ3v) is 7.81. The molecule has 2 N–H and O–H groups in total. The average Bonchev–Trinajstić information content (AvgIpc) is 3.33. The molecular weight excluding hydrogens is 350 g/mol. The lowest BCUT2D eigenvalue weighted by atomic mass is 9.97. The van der Waals surface area contributed by atoms with Gasteiger partial charge in [-0.3, -0.25) is 4.79 Å². The van der Waals surface area contributed by atoms with E-state index >= 15 is 0 Å². The van der Waals surface area contributed by atoms with Crippen LogP contribution in [0.3, 0.4) is 0 Å². The van der Waals surface area contributed by atoms with Gasteiger partial charge in [-0.1, -0.05) is 6.07 Å². The van der Waals surface area contributed by atoms with Crippen LogP contribution in [0.25, 0.3) is 10.2 Å². The first-order chi connectivity index (χ1) is 12.3. The Hall–Kier alpha value is -1.50. The number of nitrogens with one attached hydrogen (secondary N) is 2. The molecule has 25 heavy (non-hydrogen) atoms. The maximum Gasteiger partial charge on any atom is 0.260 e. The molecule has 4 nitrogen and oxygen atoms in total. The summed E-state index contributed by atoms with van der Waals surface area (Å²) in [6.07, 6.45) is 7.07. The number of aromatic amines is 1. The maximum absolute atomic E-state index is 12.7. The Morgan fingerprint density at radius 3 is 3.08 bits per heavy atom. The molecule has 2 aliphatic rings. The van der Waals surface area contributed by atoms with Crippen molar-refractivity contribution in [2.45, 2.75) is 51.1 Å². The van der Waals surface area contributed by atoms with Crippen LogP contribution in [0.1, 0.15) is 52.9 Å². The number of aromatic nitrogens is 2. The largest absolute Gasteiger partial charge is 0.322 e. The van der Waals surface area contributed by atoms with Gasteiger partial charge in [0.1, 0.15) is 17.4 Å². The highest BCUT2D eigenvalue weighted by Gasteiger charge is 2.31. The molecule has 1 aliphatic carbocycles. The van der Waals surface area contributed by atoms with Crippen molar-refractivity contribution in [3.05, 3.63) is 49.0 Å². The van der Waals surface area contributed by atoms with Crippen molar-refractivity contribution in [1.29, 1.82) is 0 Å². The predicted molar refractivity (Wildman–Crippen MR) is 103 cm³/mol. The van der Waals surface area contributed by atoms with Crippen LogP contribution in [-0.2, 0) is 19.4 Å². The SMILES string of the molecule is O=c1[nH]c(C[NH+]2CCC[C@@H]2c2cccs2)nc2sc3c(c12)CCCC3. The Morgan fingerprint density at radius 1 is 1.28 bits per heavy atom. The van der Waals surface area contributed by atoms with Crippen molar-refractivity contribution in [2.75, 3.05) is 6.54 Å². The third kappa shape index (κ3) is 2.76. The van der Waals surface area contributed by atoms with Crippen LogP contribution in [0.2, 0.25) is 0 Å². The van der Waals surface area contributed by atoms with Gasteiger partial charge in [0.15, 0.2) is 5.82 Å². The van der Waals surface area contributed by atoms with Crippen LogP contribution in [-0.4, -0.2) is 16.5 Å². The third-order valence-electron chi connectivity index (χ3n) is 5.64. The minimum absolute atomic E-state index is 0.0747. The molecule has 5 rings (SSSR count). The second kappa shape index (κ2) is 6.34. The summed E-state index contributed by atoms with van der Waals surface area (Å²) in [5.74, 6) is 0.856. The minimum Gasteiger partial charge on any atom is -0.322 e. The maximum atomic E-state index is 12.7. The number of likely N-dealkylation sites (tertiary alicyclic amines) is 1. The number of aryl methyl sites for hydroxylation is 2. The summed E-state index contributed by atoms with van der Waals surface area (Å²) in [7, 11) is 0. The van der Waals surface area contributed by atoms with E-state index in [1.54, 1.807) is 11.3 Å². The number of fused-ring (bicyclic) bond motifs is 3. The molecule has 2 atom stereocenters. The van der Waals surface area contributed by atoms with Crippen LogP contribution < -0.4 is 10.5 Å². The first-order valence-electron chi connectivity index (χ1n) is 9.21. The van der Waals surface area contributed by atoms with Crippen molar-refractivity contribution in [3.63, 3.8) is 0 Å². The van der Waals surface area contributed by atoms with Gasteiger partial charge in [0.05, 0.1) is 16.8 Å². The van der Waals surface area contributed by atoms with E-state index < -0.39 is 0 Å². The summed E-state index contributed by atoms with van der Waals surface area (Å²) >= 11 is 3.59. The van der Waals surface area contributed by atoms with Gasteiger partial charge in [0, 0.05) is 17.7 Å². The molecule has 0 bridgehead atoms. The summed E-state index contributed by atoms with van der Waals surface area (Å²) in [5, 5.41) is 3.03. The van der Waals surface area contributed by atoms with E-state index in [4.69, 9.17) is 4.98 Å². The predicted octanol–water partition coefficient (Wildman–Crippen LogP) is 2.84. The number of quaternary nitrogens is 1. The summed E-state index contributed by atoms with van der Waals surface area (Å²) < 4.78 is 0. The molecule has 0 saturated carbocycles. The van der Waals surface area contributed by atoms with Crippen LogP contribution in [0, 0.1) is 0 Å². The second-order valence-corrected chi connectivity index (χ2v) is 9.26. The molecular formula is C19H22N3OS2+. The van der Waals surface area contributed by atoms with E-state index in [-0.39, 0.29) is 5.56 Å². The Balaban J connectivity index is 1.48. The molecule has 3 aromatic rings. The zero-order valence-electron chi connectivity index (χ0n) is 14.1. The zero-order valence-corrected chi connectivity index (χ0v) is 15.8. The smallest absolute Gasteiger partial charge is 0.260 e. The molecule has 130 valence electrons. The second-order valence-electron chi connectivity index (χ2n) is 7.20. The zero-order chi connectivity index (χ0) is 16.8. The molecule has 3 aromatic heterocycles. The van der Waals surface area contributed by atoms with Crippen LogP contribution >= 0.6 is 22.7 Å². The fourth-order valence-corrected chi connectivity index (χ4v) is 6.66. The molecule has 0 amide bonds. The number of hydrogen-bond donors (Lipinski definition) is 2. The first-order valence-corrected chi connectivity index (χ1v) is 10.9. The topological polar surface area (TPSA) is 50.2 Å². The van der Waals surface area contributed by atoms with E-state index in [1.165, 1.54) is 45.9 Å². The highest BCUT2D eigenvalue weighted by Crippen LogP contribution is 2.33. The van der Waals surface area contributed by atoms with E-state index in [0.29, 0.717) is 6.04 Å². The van der Waals surface area contributed by atoms with E-state index in [1.807, 2.05) is 11.3 Å². The molecule has 1 aliphatic heterocycles. The highest BCUT2D eigenvalue weighted by atomic mass is 32.1. The van der Waals surface area contributed by atoms with Gasteiger partial charge >= 0.3 is 0 Å². The molecule has 0 aromatic carbocycles. The van der Waals surface area contributed by atoms with Crippen molar-refractivity contribution in [2.24, 2.45) is 0 Å².